The Morgan fingerprint density at radius 1 is 0.955 bits per heavy atom. The zero-order valence-electron chi connectivity index (χ0n) is 12.6. The van der Waals surface area contributed by atoms with Gasteiger partial charge in [0.05, 0.1) is 0 Å². The quantitative estimate of drug-likeness (QED) is 0.687. The normalized spacial score (nSPS) is 9.50. The van der Waals surface area contributed by atoms with Gasteiger partial charge in [-0.2, -0.15) is 0 Å². The maximum atomic E-state index is 10.2. The minimum absolute atomic E-state index is 0.212. The van der Waals surface area contributed by atoms with Gasteiger partial charge in [-0.15, -0.1) is 0 Å². The van der Waals surface area contributed by atoms with E-state index in [1.165, 1.54) is 0 Å². The number of anilines is 1. The molecule has 0 heterocycles. The topological polar surface area (TPSA) is 69.6 Å². The average Bonchev–Trinajstić information content (AvgIpc) is 2.56. The van der Waals surface area contributed by atoms with Crippen molar-refractivity contribution in [1.29, 1.82) is 0 Å². The summed E-state index contributed by atoms with van der Waals surface area (Å²) in [6.45, 7) is 1.08. The van der Waals surface area contributed by atoms with E-state index in [1.807, 2.05) is 60.7 Å². The first kappa shape index (κ1) is 17.7. The van der Waals surface area contributed by atoms with Crippen LogP contribution in [-0.4, -0.2) is 29.3 Å². The molecule has 0 aliphatic carbocycles. The third-order valence-electron chi connectivity index (χ3n) is 2.91. The molecule has 0 bridgehead atoms. The van der Waals surface area contributed by atoms with Crippen LogP contribution in [0.5, 0.6) is 0 Å². The van der Waals surface area contributed by atoms with Gasteiger partial charge >= 0.3 is 5.97 Å². The van der Waals surface area contributed by atoms with Crippen LogP contribution in [0.2, 0.25) is 0 Å². The van der Waals surface area contributed by atoms with Gasteiger partial charge in [-0.05, 0) is 30.5 Å². The second kappa shape index (κ2) is 11.3. The van der Waals surface area contributed by atoms with Crippen molar-refractivity contribution in [3.63, 3.8) is 0 Å². The Morgan fingerprint density at radius 3 is 2.09 bits per heavy atom. The molecule has 0 aliphatic heterocycles. The van der Waals surface area contributed by atoms with E-state index in [0.29, 0.717) is 6.42 Å². The highest BCUT2D eigenvalue weighted by atomic mass is 16.4. The number of para-hydroxylation sites is 1. The molecule has 2 aromatic carbocycles. The Hall–Kier alpha value is -2.33. The maximum absolute atomic E-state index is 10.2. The van der Waals surface area contributed by atoms with Gasteiger partial charge in [0.1, 0.15) is 0 Å². The molecule has 2 aromatic rings. The molecule has 0 spiro atoms. The molecule has 0 amide bonds. The lowest BCUT2D eigenvalue weighted by Gasteiger charge is -2.03. The fraction of sp³-hybridized carbons (Fsp3) is 0.278. The number of hydrogen-bond acceptors (Lipinski definition) is 3. The third-order valence-corrected chi connectivity index (χ3v) is 2.91. The van der Waals surface area contributed by atoms with Crippen LogP contribution in [0.1, 0.15) is 18.4 Å². The Morgan fingerprint density at radius 2 is 1.55 bits per heavy atom. The maximum Gasteiger partial charge on any atom is 0.303 e. The smallest absolute Gasteiger partial charge is 0.303 e. The van der Waals surface area contributed by atoms with Crippen LogP contribution < -0.4 is 5.32 Å². The molecule has 0 radical (unpaired) electrons. The number of aliphatic hydroxyl groups is 1. The summed E-state index contributed by atoms with van der Waals surface area (Å²) in [7, 11) is 0. The molecule has 4 heteroatoms. The monoisotopic (exact) mass is 301 g/mol. The molecule has 4 nitrogen and oxygen atoms in total. The van der Waals surface area contributed by atoms with E-state index in [1.54, 1.807) is 0 Å². The van der Waals surface area contributed by atoms with Crippen LogP contribution in [0.4, 0.5) is 5.69 Å². The lowest BCUT2D eigenvalue weighted by molar-refractivity contribution is -0.136. The van der Waals surface area contributed by atoms with Gasteiger partial charge in [0.25, 0.3) is 0 Å². The molecule has 2 rings (SSSR count). The fourth-order valence-corrected chi connectivity index (χ4v) is 1.76. The molecule has 0 aromatic heterocycles. The fourth-order valence-electron chi connectivity index (χ4n) is 1.76. The lowest BCUT2D eigenvalue weighted by atomic mass is 10.1. The summed E-state index contributed by atoms with van der Waals surface area (Å²) in [6, 6.07) is 19.6. The van der Waals surface area contributed by atoms with E-state index in [4.69, 9.17) is 10.2 Å². The number of rotatable bonds is 7. The van der Waals surface area contributed by atoms with Gasteiger partial charge in [-0.1, -0.05) is 48.5 Å². The van der Waals surface area contributed by atoms with E-state index in [0.717, 1.165) is 24.2 Å². The molecular weight excluding hydrogens is 278 g/mol. The van der Waals surface area contributed by atoms with E-state index < -0.39 is 5.97 Å². The minimum Gasteiger partial charge on any atom is -0.481 e. The molecule has 0 unspecified atom stereocenters. The summed E-state index contributed by atoms with van der Waals surface area (Å²) in [5, 5.41) is 20.1. The summed E-state index contributed by atoms with van der Waals surface area (Å²) < 4.78 is 0. The first-order valence-electron chi connectivity index (χ1n) is 7.38. The van der Waals surface area contributed by atoms with Crippen molar-refractivity contribution in [2.45, 2.75) is 19.3 Å². The Labute approximate surface area is 131 Å². The zero-order valence-corrected chi connectivity index (χ0v) is 12.6. The number of nitrogens with one attached hydrogen (secondary N) is 1. The summed E-state index contributed by atoms with van der Waals surface area (Å²) in [5.41, 5.74) is 2.19. The van der Waals surface area contributed by atoms with E-state index in [-0.39, 0.29) is 13.0 Å². The lowest BCUT2D eigenvalue weighted by Crippen LogP contribution is -2.02. The second-order valence-electron chi connectivity index (χ2n) is 4.75. The molecule has 0 aliphatic rings. The summed E-state index contributed by atoms with van der Waals surface area (Å²) in [6.07, 6.45) is 1.63. The van der Waals surface area contributed by atoms with Gasteiger partial charge in [0.15, 0.2) is 0 Å². The number of aliphatic hydroxyl groups excluding tert-OH is 1. The molecule has 22 heavy (non-hydrogen) atoms. The minimum atomic E-state index is -0.742. The Bertz CT molecular complexity index is 514. The van der Waals surface area contributed by atoms with Gasteiger partial charge in [0.2, 0.25) is 0 Å². The summed E-state index contributed by atoms with van der Waals surface area (Å²) in [4.78, 5) is 10.2. The van der Waals surface area contributed by atoms with E-state index in [9.17, 15) is 4.79 Å². The van der Waals surface area contributed by atoms with E-state index in [2.05, 4.69) is 5.32 Å². The van der Waals surface area contributed by atoms with Crippen LogP contribution in [0.25, 0.3) is 0 Å². The molecule has 0 atom stereocenters. The van der Waals surface area contributed by atoms with Gasteiger partial charge in [-0.3, -0.25) is 4.79 Å². The first-order chi connectivity index (χ1) is 10.7. The molecule has 0 saturated carbocycles. The number of carbonyl (C=O) groups is 1. The van der Waals surface area contributed by atoms with E-state index >= 15 is 0 Å². The van der Waals surface area contributed by atoms with Crippen molar-refractivity contribution < 1.29 is 15.0 Å². The van der Waals surface area contributed by atoms with Crippen LogP contribution in [0, 0.1) is 0 Å². The highest BCUT2D eigenvalue weighted by Gasteiger charge is 1.96. The predicted molar refractivity (Wildman–Crippen MR) is 89.0 cm³/mol. The van der Waals surface area contributed by atoms with Crippen molar-refractivity contribution in [2.75, 3.05) is 18.5 Å². The van der Waals surface area contributed by atoms with Crippen molar-refractivity contribution in [1.82, 2.24) is 0 Å². The number of aliphatic carboxylic acids is 1. The summed E-state index contributed by atoms with van der Waals surface area (Å²) >= 11 is 0. The number of carboxylic acid groups (broad SMARTS) is 1. The highest BCUT2D eigenvalue weighted by Crippen LogP contribution is 2.04. The summed E-state index contributed by atoms with van der Waals surface area (Å²) in [5.74, 6) is -0.742. The second-order valence-corrected chi connectivity index (χ2v) is 4.75. The predicted octanol–water partition coefficient (Wildman–Crippen LogP) is 3.18. The number of benzene rings is 2. The molecular formula is C18H23NO3. The average molecular weight is 301 g/mol. The van der Waals surface area contributed by atoms with Crippen LogP contribution in [-0.2, 0) is 11.2 Å². The largest absolute Gasteiger partial charge is 0.481 e. The highest BCUT2D eigenvalue weighted by molar-refractivity contribution is 5.67. The van der Waals surface area contributed by atoms with Gasteiger partial charge < -0.3 is 15.5 Å². The van der Waals surface area contributed by atoms with Crippen LogP contribution >= 0.6 is 0 Å². The number of hydrogen-bond donors (Lipinski definition) is 3. The zero-order chi connectivity index (χ0) is 16.0. The van der Waals surface area contributed by atoms with Gasteiger partial charge in [0, 0.05) is 25.3 Å². The number of aryl methyl sites for hydroxylation is 1. The van der Waals surface area contributed by atoms with Crippen molar-refractivity contribution in [3.05, 3.63) is 66.2 Å². The third kappa shape index (κ3) is 8.76. The first-order valence-corrected chi connectivity index (χ1v) is 7.38. The van der Waals surface area contributed by atoms with Crippen LogP contribution in [0.3, 0.4) is 0 Å². The van der Waals surface area contributed by atoms with Crippen molar-refractivity contribution in [2.24, 2.45) is 0 Å². The SMILES string of the molecule is O=C(O)CCc1ccccc1.OCCCNc1ccccc1. The standard InChI is InChI=1S/C9H13NO.C9H10O2/c11-8-4-7-10-9-5-2-1-3-6-9;10-9(11)7-6-8-4-2-1-3-5-8/h1-3,5-6,10-11H,4,7-8H2;1-5H,6-7H2,(H,10,11). The Balaban J connectivity index is 0.000000220. The Kier molecular flexibility index (Phi) is 9.14. The molecule has 0 fully saturated rings. The van der Waals surface area contributed by atoms with Crippen molar-refractivity contribution in [3.8, 4) is 0 Å². The number of carboxylic acids is 1. The van der Waals surface area contributed by atoms with Gasteiger partial charge in [-0.25, -0.2) is 0 Å². The molecule has 118 valence electrons. The molecule has 3 N–H and O–H groups in total. The van der Waals surface area contributed by atoms with Crippen LogP contribution in [0.15, 0.2) is 60.7 Å². The molecule has 0 saturated heterocycles. The van der Waals surface area contributed by atoms with Crippen molar-refractivity contribution >= 4 is 11.7 Å².